The topological polar surface area (TPSA) is 119 Å². The van der Waals surface area contributed by atoms with Crippen LogP contribution in [0.2, 0.25) is 0 Å². The Morgan fingerprint density at radius 1 is 1.38 bits per heavy atom. The summed E-state index contributed by atoms with van der Waals surface area (Å²) >= 11 is 0. The first kappa shape index (κ1) is 16.7. The Kier molecular flexibility index (Phi) is 5.46. The van der Waals surface area contributed by atoms with E-state index in [1.165, 1.54) is 18.4 Å². The van der Waals surface area contributed by atoms with E-state index in [4.69, 9.17) is 19.2 Å². The zero-order valence-corrected chi connectivity index (χ0v) is 11.7. The molecule has 1 heterocycles. The van der Waals surface area contributed by atoms with E-state index in [-0.39, 0.29) is 5.76 Å². The summed E-state index contributed by atoms with van der Waals surface area (Å²) in [6.45, 7) is 0. The first-order valence-electron chi connectivity index (χ1n) is 5.83. The van der Waals surface area contributed by atoms with E-state index in [2.05, 4.69) is 4.74 Å². The van der Waals surface area contributed by atoms with Crippen molar-refractivity contribution in [3.8, 4) is 6.07 Å². The van der Waals surface area contributed by atoms with Crippen molar-refractivity contribution < 1.29 is 33.3 Å². The Morgan fingerprint density at radius 3 is 2.33 bits per heavy atom. The number of rotatable bonds is 7. The van der Waals surface area contributed by atoms with Crippen LogP contribution in [0.25, 0.3) is 0 Å². The van der Waals surface area contributed by atoms with Crippen LogP contribution in [0, 0.1) is 17.2 Å². The summed E-state index contributed by atoms with van der Waals surface area (Å²) in [4.78, 5) is 23.4. The fourth-order valence-electron chi connectivity index (χ4n) is 2.08. The summed E-state index contributed by atoms with van der Waals surface area (Å²) < 4.78 is 19.9. The lowest BCUT2D eigenvalue weighted by Crippen LogP contribution is -2.52. The molecule has 2 atom stereocenters. The minimum Gasteiger partial charge on any atom is -0.480 e. The van der Waals surface area contributed by atoms with Gasteiger partial charge in [0.25, 0.3) is 5.79 Å². The number of hydrogen-bond acceptors (Lipinski definition) is 7. The third-order valence-corrected chi connectivity index (χ3v) is 3.07. The highest BCUT2D eigenvalue weighted by atomic mass is 16.7. The van der Waals surface area contributed by atoms with E-state index >= 15 is 0 Å². The van der Waals surface area contributed by atoms with Crippen molar-refractivity contribution in [2.45, 2.75) is 11.7 Å². The van der Waals surface area contributed by atoms with Gasteiger partial charge in [-0.3, -0.25) is 4.79 Å². The van der Waals surface area contributed by atoms with Gasteiger partial charge in [-0.05, 0) is 12.1 Å². The fourth-order valence-corrected chi connectivity index (χ4v) is 2.08. The van der Waals surface area contributed by atoms with E-state index in [1.54, 1.807) is 6.07 Å². The number of methoxy groups -OCH3 is 3. The Hall–Kier alpha value is -2.37. The van der Waals surface area contributed by atoms with E-state index in [9.17, 15) is 14.7 Å². The average Bonchev–Trinajstić information content (AvgIpc) is 3.00. The molecule has 0 saturated heterocycles. The second kappa shape index (κ2) is 6.88. The minimum absolute atomic E-state index is 0.0538. The van der Waals surface area contributed by atoms with Crippen LogP contribution in [-0.2, 0) is 23.8 Å². The number of aliphatic carboxylic acids is 1. The Morgan fingerprint density at radius 2 is 2.00 bits per heavy atom. The number of ether oxygens (including phenoxy) is 3. The standard InChI is InChI=1S/C13H15NO7/c1-18-12(17)13(19-2,20-3)10(8(7-14)11(15)16)9-5-4-6-21-9/h4-6,8,10H,1-3H3,(H,15,16). The molecular weight excluding hydrogens is 282 g/mol. The molecular formula is C13H15NO7. The average molecular weight is 297 g/mol. The van der Waals surface area contributed by atoms with Crippen LogP contribution in [0.3, 0.4) is 0 Å². The molecule has 1 N–H and O–H groups in total. The molecule has 0 radical (unpaired) electrons. The highest BCUT2D eigenvalue weighted by molar-refractivity contribution is 5.82. The normalized spacial score (nSPS) is 14.0. The highest BCUT2D eigenvalue weighted by Gasteiger charge is 2.56. The highest BCUT2D eigenvalue weighted by Crippen LogP contribution is 2.39. The number of nitriles is 1. The Labute approximate surface area is 120 Å². The molecule has 0 aliphatic heterocycles. The molecule has 0 aliphatic carbocycles. The molecule has 2 unspecified atom stereocenters. The zero-order valence-electron chi connectivity index (χ0n) is 11.7. The van der Waals surface area contributed by atoms with Crippen LogP contribution < -0.4 is 0 Å². The summed E-state index contributed by atoms with van der Waals surface area (Å²) in [5, 5.41) is 18.4. The Balaban J connectivity index is 3.51. The van der Waals surface area contributed by atoms with E-state index in [0.29, 0.717) is 0 Å². The van der Waals surface area contributed by atoms with E-state index in [0.717, 1.165) is 21.3 Å². The van der Waals surface area contributed by atoms with Crippen molar-refractivity contribution in [2.24, 2.45) is 5.92 Å². The molecule has 1 aromatic rings. The van der Waals surface area contributed by atoms with Gasteiger partial charge in [-0.25, -0.2) is 4.79 Å². The van der Waals surface area contributed by atoms with Gasteiger partial charge in [-0.2, -0.15) is 5.26 Å². The lowest BCUT2D eigenvalue weighted by atomic mass is 9.83. The molecule has 21 heavy (non-hydrogen) atoms. The lowest BCUT2D eigenvalue weighted by molar-refractivity contribution is -0.242. The maximum atomic E-state index is 12.1. The summed E-state index contributed by atoms with van der Waals surface area (Å²) in [5.74, 6) is -7.48. The smallest absolute Gasteiger partial charge is 0.367 e. The number of furan rings is 1. The van der Waals surface area contributed by atoms with Crippen LogP contribution in [0.5, 0.6) is 0 Å². The fraction of sp³-hybridized carbons (Fsp3) is 0.462. The predicted molar refractivity (Wildman–Crippen MR) is 67.0 cm³/mol. The number of hydrogen-bond donors (Lipinski definition) is 1. The largest absolute Gasteiger partial charge is 0.480 e. The van der Waals surface area contributed by atoms with Crippen LogP contribution in [0.4, 0.5) is 0 Å². The monoisotopic (exact) mass is 297 g/mol. The second-order valence-electron chi connectivity index (χ2n) is 4.01. The van der Waals surface area contributed by atoms with Crippen molar-refractivity contribution in [3.63, 3.8) is 0 Å². The van der Waals surface area contributed by atoms with Crippen molar-refractivity contribution >= 4 is 11.9 Å². The van der Waals surface area contributed by atoms with Crippen LogP contribution >= 0.6 is 0 Å². The van der Waals surface area contributed by atoms with E-state index < -0.39 is 29.6 Å². The third-order valence-electron chi connectivity index (χ3n) is 3.07. The van der Waals surface area contributed by atoms with Crippen LogP contribution in [-0.4, -0.2) is 44.2 Å². The first-order chi connectivity index (χ1) is 9.98. The summed E-state index contributed by atoms with van der Waals surface area (Å²) in [5.41, 5.74) is 0. The van der Waals surface area contributed by atoms with E-state index in [1.807, 2.05) is 0 Å². The van der Waals surface area contributed by atoms with Gasteiger partial charge in [0.05, 0.1) is 19.4 Å². The predicted octanol–water partition coefficient (Wildman–Crippen LogP) is 0.750. The molecule has 0 spiro atoms. The maximum absolute atomic E-state index is 12.1. The van der Waals surface area contributed by atoms with Gasteiger partial charge in [0.2, 0.25) is 0 Å². The van der Waals surface area contributed by atoms with Gasteiger partial charge >= 0.3 is 11.9 Å². The number of carboxylic acid groups (broad SMARTS) is 1. The van der Waals surface area contributed by atoms with Gasteiger partial charge in [-0.1, -0.05) is 0 Å². The Bertz CT molecular complexity index is 527. The van der Waals surface area contributed by atoms with Gasteiger partial charge in [0.15, 0.2) is 5.92 Å². The first-order valence-corrected chi connectivity index (χ1v) is 5.83. The number of esters is 1. The summed E-state index contributed by atoms with van der Waals surface area (Å²) in [7, 11) is 3.38. The lowest BCUT2D eigenvalue weighted by Gasteiger charge is -2.35. The zero-order chi connectivity index (χ0) is 16.0. The van der Waals surface area contributed by atoms with Crippen LogP contribution in [0.15, 0.2) is 22.8 Å². The van der Waals surface area contributed by atoms with Crippen molar-refractivity contribution in [2.75, 3.05) is 21.3 Å². The molecule has 1 aromatic heterocycles. The molecule has 114 valence electrons. The molecule has 8 nitrogen and oxygen atoms in total. The number of carbonyl (C=O) groups is 2. The van der Waals surface area contributed by atoms with Gasteiger partial charge < -0.3 is 23.7 Å². The maximum Gasteiger partial charge on any atom is 0.367 e. The molecule has 0 amide bonds. The summed E-state index contributed by atoms with van der Waals surface area (Å²) in [6.07, 6.45) is 1.28. The second-order valence-corrected chi connectivity index (χ2v) is 4.01. The van der Waals surface area contributed by atoms with Crippen molar-refractivity contribution in [3.05, 3.63) is 24.2 Å². The van der Waals surface area contributed by atoms with Gasteiger partial charge in [0.1, 0.15) is 11.7 Å². The molecule has 0 aliphatic rings. The molecule has 0 saturated carbocycles. The summed E-state index contributed by atoms with van der Waals surface area (Å²) in [6, 6.07) is 4.53. The molecule has 0 bridgehead atoms. The SMILES string of the molecule is COC(=O)C(OC)(OC)C(c1ccco1)C(C#N)C(=O)O. The van der Waals surface area contributed by atoms with Crippen molar-refractivity contribution in [1.82, 2.24) is 0 Å². The number of carboxylic acids is 1. The van der Waals surface area contributed by atoms with Crippen LogP contribution in [0.1, 0.15) is 11.7 Å². The third kappa shape index (κ3) is 2.89. The number of nitrogens with zero attached hydrogens (tertiary/aromatic N) is 1. The molecule has 8 heteroatoms. The molecule has 0 aromatic carbocycles. The minimum atomic E-state index is -2.12. The molecule has 0 fully saturated rings. The van der Waals surface area contributed by atoms with Gasteiger partial charge in [-0.15, -0.1) is 0 Å². The van der Waals surface area contributed by atoms with Gasteiger partial charge in [0, 0.05) is 14.2 Å². The van der Waals surface area contributed by atoms with Crippen molar-refractivity contribution in [1.29, 1.82) is 5.26 Å². The molecule has 1 rings (SSSR count). The number of carbonyl (C=O) groups excluding carboxylic acids is 1. The quantitative estimate of drug-likeness (QED) is 0.578.